The molecule has 0 bridgehead atoms. The minimum absolute atomic E-state index is 0.0820. The molecule has 1 saturated heterocycles. The summed E-state index contributed by atoms with van der Waals surface area (Å²) in [5.41, 5.74) is 8.11. The molecular weight excluding hydrogens is 344 g/mol. The number of aromatic nitrogens is 1. The minimum atomic E-state index is -0.473. The minimum Gasteiger partial charge on any atom is -0.368 e. The summed E-state index contributed by atoms with van der Waals surface area (Å²) in [6.45, 7) is 1.92. The fraction of sp³-hybridized carbons (Fsp3) is 0.350. The third-order valence-electron chi connectivity index (χ3n) is 4.41. The predicted molar refractivity (Wildman–Crippen MR) is 102 cm³/mol. The van der Waals surface area contributed by atoms with Crippen molar-refractivity contribution in [2.75, 3.05) is 40.3 Å². The Bertz CT molecular complexity index is 837. The van der Waals surface area contributed by atoms with Crippen molar-refractivity contribution in [3.63, 3.8) is 0 Å². The average Bonchev–Trinajstić information content (AvgIpc) is 2.68. The first-order valence-corrected chi connectivity index (χ1v) is 8.85. The molecule has 0 spiro atoms. The van der Waals surface area contributed by atoms with E-state index < -0.39 is 5.91 Å². The second-order valence-corrected chi connectivity index (χ2v) is 6.83. The lowest BCUT2D eigenvalue weighted by molar-refractivity contribution is -0.139. The number of amides is 2. The molecule has 1 aliphatic heterocycles. The molecule has 1 atom stereocenters. The average molecular weight is 368 g/mol. The van der Waals surface area contributed by atoms with E-state index in [4.69, 9.17) is 15.5 Å². The van der Waals surface area contributed by atoms with Gasteiger partial charge in [-0.15, -0.1) is 0 Å². The van der Waals surface area contributed by atoms with Gasteiger partial charge in [-0.3, -0.25) is 9.59 Å². The maximum absolute atomic E-state index is 12.3. The van der Waals surface area contributed by atoms with Crippen LogP contribution in [0.15, 0.2) is 42.5 Å². The molecule has 2 amide bonds. The van der Waals surface area contributed by atoms with Crippen LogP contribution < -0.4 is 5.73 Å². The lowest BCUT2D eigenvalue weighted by Crippen LogP contribution is -2.45. The van der Waals surface area contributed by atoms with Gasteiger partial charge in [0.05, 0.1) is 31.1 Å². The highest BCUT2D eigenvalue weighted by atomic mass is 16.5. The van der Waals surface area contributed by atoms with Gasteiger partial charge in [-0.1, -0.05) is 18.2 Å². The zero-order chi connectivity index (χ0) is 19.4. The SMILES string of the molecule is CN(C)CC(=O)N1CCO[C@H](c2cccc(-c3cccc(C(N)=O)c3)n2)C1. The molecule has 1 aromatic heterocycles. The summed E-state index contributed by atoms with van der Waals surface area (Å²) in [5.74, 6) is -0.391. The van der Waals surface area contributed by atoms with Crippen molar-refractivity contribution in [2.45, 2.75) is 6.10 Å². The Morgan fingerprint density at radius 1 is 1.26 bits per heavy atom. The number of morpholine rings is 1. The largest absolute Gasteiger partial charge is 0.368 e. The van der Waals surface area contributed by atoms with E-state index in [0.29, 0.717) is 31.8 Å². The lowest BCUT2D eigenvalue weighted by atomic mass is 10.1. The molecule has 0 unspecified atom stereocenters. The van der Waals surface area contributed by atoms with Gasteiger partial charge in [-0.25, -0.2) is 4.98 Å². The Morgan fingerprint density at radius 2 is 2.04 bits per heavy atom. The Labute approximate surface area is 158 Å². The fourth-order valence-electron chi connectivity index (χ4n) is 3.05. The van der Waals surface area contributed by atoms with Crippen LogP contribution in [0.1, 0.15) is 22.2 Å². The van der Waals surface area contributed by atoms with E-state index in [-0.39, 0.29) is 12.0 Å². The number of nitrogens with two attached hydrogens (primary N) is 1. The molecule has 3 rings (SSSR count). The van der Waals surface area contributed by atoms with Gasteiger partial charge < -0.3 is 20.3 Å². The second-order valence-electron chi connectivity index (χ2n) is 6.83. The van der Waals surface area contributed by atoms with Gasteiger partial charge >= 0.3 is 0 Å². The molecule has 0 saturated carbocycles. The molecule has 2 heterocycles. The summed E-state index contributed by atoms with van der Waals surface area (Å²) in [7, 11) is 3.75. The number of hydrogen-bond donors (Lipinski definition) is 1. The van der Waals surface area contributed by atoms with E-state index in [1.807, 2.05) is 48.2 Å². The van der Waals surface area contributed by atoms with E-state index in [1.54, 1.807) is 18.2 Å². The molecule has 27 heavy (non-hydrogen) atoms. The quantitative estimate of drug-likeness (QED) is 0.860. The normalized spacial score (nSPS) is 17.1. The number of pyridine rings is 1. The third-order valence-corrected chi connectivity index (χ3v) is 4.41. The van der Waals surface area contributed by atoms with Gasteiger partial charge in [0.1, 0.15) is 6.10 Å². The number of ether oxygens (including phenoxy) is 1. The molecule has 7 heteroatoms. The van der Waals surface area contributed by atoms with Crippen molar-refractivity contribution in [3.05, 3.63) is 53.7 Å². The molecule has 2 N–H and O–H groups in total. The van der Waals surface area contributed by atoms with E-state index in [9.17, 15) is 9.59 Å². The Balaban J connectivity index is 1.80. The van der Waals surface area contributed by atoms with Crippen LogP contribution in [0.3, 0.4) is 0 Å². The Kier molecular flexibility index (Phi) is 5.83. The van der Waals surface area contributed by atoms with Crippen LogP contribution in [0.4, 0.5) is 0 Å². The van der Waals surface area contributed by atoms with Crippen LogP contribution in [0.2, 0.25) is 0 Å². The molecule has 2 aromatic rings. The van der Waals surface area contributed by atoms with Crippen molar-refractivity contribution in [2.24, 2.45) is 5.73 Å². The number of nitrogens with zero attached hydrogens (tertiary/aromatic N) is 3. The molecule has 0 radical (unpaired) electrons. The van der Waals surface area contributed by atoms with Crippen molar-refractivity contribution in [3.8, 4) is 11.3 Å². The van der Waals surface area contributed by atoms with E-state index in [2.05, 4.69) is 0 Å². The lowest BCUT2D eigenvalue weighted by Gasteiger charge is -2.33. The summed E-state index contributed by atoms with van der Waals surface area (Å²) in [6.07, 6.45) is -0.274. The maximum atomic E-state index is 12.3. The summed E-state index contributed by atoms with van der Waals surface area (Å²) in [4.78, 5) is 32.1. The standard InChI is InChI=1S/C20H24N4O3/c1-23(2)13-19(25)24-9-10-27-18(12-24)17-8-4-7-16(22-17)14-5-3-6-15(11-14)20(21)26/h3-8,11,18H,9-10,12-13H2,1-2H3,(H2,21,26)/t18-/m0/s1. The van der Waals surface area contributed by atoms with Crippen LogP contribution in [0.25, 0.3) is 11.3 Å². The van der Waals surface area contributed by atoms with Crippen molar-refractivity contribution < 1.29 is 14.3 Å². The van der Waals surface area contributed by atoms with Gasteiger partial charge in [0.2, 0.25) is 11.8 Å². The molecule has 142 valence electrons. The Hall–Kier alpha value is -2.77. The fourth-order valence-corrected chi connectivity index (χ4v) is 3.05. The molecule has 1 fully saturated rings. The summed E-state index contributed by atoms with van der Waals surface area (Å²) in [6, 6.07) is 12.7. The maximum Gasteiger partial charge on any atom is 0.248 e. The molecule has 1 aromatic carbocycles. The van der Waals surface area contributed by atoms with E-state index >= 15 is 0 Å². The number of likely N-dealkylation sites (N-methyl/N-ethyl adjacent to an activating group) is 1. The highest BCUT2D eigenvalue weighted by Crippen LogP contribution is 2.24. The Morgan fingerprint density at radius 3 is 2.78 bits per heavy atom. The zero-order valence-electron chi connectivity index (χ0n) is 15.6. The number of carbonyl (C=O) groups is 2. The van der Waals surface area contributed by atoms with Crippen molar-refractivity contribution in [1.82, 2.24) is 14.8 Å². The highest BCUT2D eigenvalue weighted by molar-refractivity contribution is 5.94. The first kappa shape index (κ1) is 19.0. The number of rotatable bonds is 5. The topological polar surface area (TPSA) is 88.8 Å². The summed E-state index contributed by atoms with van der Waals surface area (Å²) >= 11 is 0. The molecule has 1 aliphatic rings. The number of hydrogen-bond acceptors (Lipinski definition) is 5. The van der Waals surface area contributed by atoms with E-state index in [0.717, 1.165) is 17.0 Å². The molecule has 7 nitrogen and oxygen atoms in total. The van der Waals surface area contributed by atoms with Crippen LogP contribution in [0, 0.1) is 0 Å². The van der Waals surface area contributed by atoms with E-state index in [1.165, 1.54) is 0 Å². The summed E-state index contributed by atoms with van der Waals surface area (Å²) in [5, 5.41) is 0. The van der Waals surface area contributed by atoms with Crippen LogP contribution in [-0.2, 0) is 9.53 Å². The number of benzene rings is 1. The molecular formula is C20H24N4O3. The smallest absolute Gasteiger partial charge is 0.248 e. The third kappa shape index (κ3) is 4.69. The molecule has 0 aliphatic carbocycles. The van der Waals surface area contributed by atoms with Crippen LogP contribution >= 0.6 is 0 Å². The zero-order valence-corrected chi connectivity index (χ0v) is 15.6. The van der Waals surface area contributed by atoms with Crippen molar-refractivity contribution in [1.29, 1.82) is 0 Å². The second kappa shape index (κ2) is 8.28. The van der Waals surface area contributed by atoms with Crippen molar-refractivity contribution >= 4 is 11.8 Å². The number of primary amides is 1. The monoisotopic (exact) mass is 368 g/mol. The van der Waals surface area contributed by atoms with Gasteiger partial charge in [-0.05, 0) is 38.4 Å². The highest BCUT2D eigenvalue weighted by Gasteiger charge is 2.26. The first-order valence-electron chi connectivity index (χ1n) is 8.85. The predicted octanol–water partition coefficient (Wildman–Crippen LogP) is 1.31. The number of carbonyl (C=O) groups excluding carboxylic acids is 2. The van der Waals surface area contributed by atoms with Gasteiger partial charge in [0.15, 0.2) is 0 Å². The van der Waals surface area contributed by atoms with Gasteiger partial charge in [0.25, 0.3) is 0 Å². The first-order chi connectivity index (χ1) is 12.9. The summed E-state index contributed by atoms with van der Waals surface area (Å²) < 4.78 is 5.86. The van der Waals surface area contributed by atoms with Gasteiger partial charge in [0, 0.05) is 17.7 Å². The van der Waals surface area contributed by atoms with Crippen LogP contribution in [0.5, 0.6) is 0 Å². The van der Waals surface area contributed by atoms with Crippen LogP contribution in [-0.4, -0.2) is 66.9 Å². The van der Waals surface area contributed by atoms with Gasteiger partial charge in [-0.2, -0.15) is 0 Å².